The summed E-state index contributed by atoms with van der Waals surface area (Å²) in [6.07, 6.45) is 1.57. The molecule has 3 N–H and O–H groups in total. The molecule has 0 radical (unpaired) electrons. The van der Waals surface area contributed by atoms with E-state index in [0.29, 0.717) is 17.9 Å². The monoisotopic (exact) mass is 316 g/mol. The smallest absolute Gasteiger partial charge is 0.237 e. The molecule has 6 heteroatoms. The van der Waals surface area contributed by atoms with E-state index in [1.807, 2.05) is 32.0 Å². The second kappa shape index (κ2) is 9.47. The third-order valence-corrected chi connectivity index (χ3v) is 3.20. The van der Waals surface area contributed by atoms with Gasteiger partial charge in [0.15, 0.2) is 11.5 Å². The number of amides is 1. The zero-order valence-electron chi connectivity index (χ0n) is 13.0. The Hall–Kier alpha value is -1.46. The van der Waals surface area contributed by atoms with Crippen molar-refractivity contribution in [1.82, 2.24) is 5.32 Å². The van der Waals surface area contributed by atoms with Gasteiger partial charge < -0.3 is 20.5 Å². The first-order chi connectivity index (χ1) is 9.53. The first kappa shape index (κ1) is 19.5. The summed E-state index contributed by atoms with van der Waals surface area (Å²) in [7, 11) is 3.18. The number of carbonyl (C=O) groups is 1. The van der Waals surface area contributed by atoms with Crippen LogP contribution in [0, 0.1) is 0 Å². The van der Waals surface area contributed by atoms with Crippen LogP contribution in [0.1, 0.15) is 38.3 Å². The summed E-state index contributed by atoms with van der Waals surface area (Å²) in [5.41, 5.74) is 6.74. The van der Waals surface area contributed by atoms with Crippen molar-refractivity contribution in [2.75, 3.05) is 14.2 Å². The maximum absolute atomic E-state index is 11.9. The van der Waals surface area contributed by atoms with Gasteiger partial charge >= 0.3 is 0 Å². The highest BCUT2D eigenvalue weighted by Crippen LogP contribution is 2.29. The Morgan fingerprint density at radius 3 is 2.43 bits per heavy atom. The highest BCUT2D eigenvalue weighted by molar-refractivity contribution is 5.85. The molecule has 0 bridgehead atoms. The number of rotatable bonds is 7. The summed E-state index contributed by atoms with van der Waals surface area (Å²) in [4.78, 5) is 11.9. The van der Waals surface area contributed by atoms with Gasteiger partial charge in [0, 0.05) is 0 Å². The second-order valence-corrected chi connectivity index (χ2v) is 4.74. The van der Waals surface area contributed by atoms with Crippen LogP contribution in [0.5, 0.6) is 11.5 Å². The fourth-order valence-corrected chi connectivity index (χ4v) is 1.97. The SMILES string of the molecule is CCCC(N)C(=O)NC(C)c1ccc(OC)c(OC)c1.Cl. The molecule has 21 heavy (non-hydrogen) atoms. The number of carbonyl (C=O) groups excluding carboxylic acids is 1. The summed E-state index contributed by atoms with van der Waals surface area (Å²) < 4.78 is 10.4. The summed E-state index contributed by atoms with van der Waals surface area (Å²) in [5.74, 6) is 1.18. The molecular weight excluding hydrogens is 292 g/mol. The Morgan fingerprint density at radius 1 is 1.29 bits per heavy atom. The van der Waals surface area contributed by atoms with Crippen LogP contribution in [0.3, 0.4) is 0 Å². The van der Waals surface area contributed by atoms with E-state index in [2.05, 4.69) is 5.32 Å². The molecule has 0 fully saturated rings. The largest absolute Gasteiger partial charge is 0.493 e. The lowest BCUT2D eigenvalue weighted by Crippen LogP contribution is -2.41. The number of nitrogens with one attached hydrogen (secondary N) is 1. The van der Waals surface area contributed by atoms with Crippen molar-refractivity contribution >= 4 is 18.3 Å². The van der Waals surface area contributed by atoms with Crippen molar-refractivity contribution in [3.8, 4) is 11.5 Å². The van der Waals surface area contributed by atoms with Crippen LogP contribution < -0.4 is 20.5 Å². The molecule has 0 saturated carbocycles. The number of ether oxygens (including phenoxy) is 2. The normalized spacial score (nSPS) is 12.8. The maximum atomic E-state index is 11.9. The van der Waals surface area contributed by atoms with Gasteiger partial charge in [-0.05, 0) is 31.0 Å². The lowest BCUT2D eigenvalue weighted by atomic mass is 10.1. The number of hydrogen-bond donors (Lipinski definition) is 2. The van der Waals surface area contributed by atoms with Gasteiger partial charge in [-0.2, -0.15) is 0 Å². The van der Waals surface area contributed by atoms with E-state index in [4.69, 9.17) is 15.2 Å². The molecule has 2 unspecified atom stereocenters. The van der Waals surface area contributed by atoms with Crippen molar-refractivity contribution in [2.45, 2.75) is 38.8 Å². The Balaban J connectivity index is 0.00000400. The maximum Gasteiger partial charge on any atom is 0.237 e. The van der Waals surface area contributed by atoms with Gasteiger partial charge in [-0.1, -0.05) is 19.4 Å². The van der Waals surface area contributed by atoms with Crippen LogP contribution in [0.2, 0.25) is 0 Å². The lowest BCUT2D eigenvalue weighted by molar-refractivity contribution is -0.123. The highest BCUT2D eigenvalue weighted by atomic mass is 35.5. The van der Waals surface area contributed by atoms with Crippen LogP contribution in [0.4, 0.5) is 0 Å². The molecule has 1 aromatic carbocycles. The first-order valence-electron chi connectivity index (χ1n) is 6.81. The average molecular weight is 317 g/mol. The molecule has 5 nitrogen and oxygen atoms in total. The Morgan fingerprint density at radius 2 is 1.90 bits per heavy atom. The minimum absolute atomic E-state index is 0. The molecule has 0 heterocycles. The fraction of sp³-hybridized carbons (Fsp3) is 0.533. The van der Waals surface area contributed by atoms with Crippen LogP contribution in [-0.2, 0) is 4.79 Å². The Labute approximate surface area is 132 Å². The van der Waals surface area contributed by atoms with Crippen LogP contribution in [0.15, 0.2) is 18.2 Å². The van der Waals surface area contributed by atoms with E-state index >= 15 is 0 Å². The first-order valence-corrected chi connectivity index (χ1v) is 6.81. The summed E-state index contributed by atoms with van der Waals surface area (Å²) in [5, 5.41) is 2.91. The highest BCUT2D eigenvalue weighted by Gasteiger charge is 2.16. The van der Waals surface area contributed by atoms with Gasteiger partial charge in [-0.25, -0.2) is 0 Å². The van der Waals surface area contributed by atoms with Gasteiger partial charge in [-0.3, -0.25) is 4.79 Å². The molecule has 1 amide bonds. The fourth-order valence-electron chi connectivity index (χ4n) is 1.97. The molecular formula is C15H25ClN2O3. The zero-order chi connectivity index (χ0) is 15.1. The van der Waals surface area contributed by atoms with Crippen molar-refractivity contribution < 1.29 is 14.3 Å². The molecule has 120 valence electrons. The number of nitrogens with two attached hydrogens (primary N) is 1. The minimum atomic E-state index is -0.456. The van der Waals surface area contributed by atoms with Gasteiger partial charge in [-0.15, -0.1) is 12.4 Å². The van der Waals surface area contributed by atoms with E-state index in [1.54, 1.807) is 14.2 Å². The molecule has 0 aliphatic heterocycles. The number of benzene rings is 1. The van der Waals surface area contributed by atoms with Gasteiger partial charge in [0.1, 0.15) is 0 Å². The molecule has 0 aliphatic carbocycles. The van der Waals surface area contributed by atoms with E-state index in [9.17, 15) is 4.79 Å². The van der Waals surface area contributed by atoms with Crippen LogP contribution in [-0.4, -0.2) is 26.2 Å². The molecule has 2 atom stereocenters. The molecule has 0 aliphatic rings. The molecule has 0 saturated heterocycles. The van der Waals surface area contributed by atoms with Gasteiger partial charge in [0.25, 0.3) is 0 Å². The van der Waals surface area contributed by atoms with Crippen LogP contribution >= 0.6 is 12.4 Å². The number of methoxy groups -OCH3 is 2. The summed E-state index contributed by atoms with van der Waals surface area (Å²) in [6.45, 7) is 3.92. The molecule has 1 aromatic rings. The lowest BCUT2D eigenvalue weighted by Gasteiger charge is -2.19. The predicted molar refractivity (Wildman–Crippen MR) is 86.2 cm³/mol. The van der Waals surface area contributed by atoms with E-state index in [1.165, 1.54) is 0 Å². The number of halogens is 1. The topological polar surface area (TPSA) is 73.6 Å². The summed E-state index contributed by atoms with van der Waals surface area (Å²) >= 11 is 0. The van der Waals surface area contributed by atoms with Crippen molar-refractivity contribution in [3.05, 3.63) is 23.8 Å². The average Bonchev–Trinajstić information content (AvgIpc) is 2.46. The second-order valence-electron chi connectivity index (χ2n) is 4.74. The quantitative estimate of drug-likeness (QED) is 0.810. The van der Waals surface area contributed by atoms with Gasteiger partial charge in [0.2, 0.25) is 5.91 Å². The standard InChI is InChI=1S/C15H24N2O3.ClH/c1-5-6-12(16)15(18)17-10(2)11-7-8-13(19-3)14(9-11)20-4;/h7-10,12H,5-6,16H2,1-4H3,(H,17,18);1H. The van der Waals surface area contributed by atoms with Crippen molar-refractivity contribution in [2.24, 2.45) is 5.73 Å². The van der Waals surface area contributed by atoms with E-state index in [0.717, 1.165) is 12.0 Å². The molecule has 0 aromatic heterocycles. The molecule has 0 spiro atoms. The third kappa shape index (κ3) is 5.44. The van der Waals surface area contributed by atoms with Crippen molar-refractivity contribution in [1.29, 1.82) is 0 Å². The minimum Gasteiger partial charge on any atom is -0.493 e. The Kier molecular flexibility index (Phi) is 8.81. The van der Waals surface area contributed by atoms with Gasteiger partial charge in [0.05, 0.1) is 26.3 Å². The zero-order valence-corrected chi connectivity index (χ0v) is 13.8. The Bertz CT molecular complexity index is 455. The van der Waals surface area contributed by atoms with Crippen LogP contribution in [0.25, 0.3) is 0 Å². The predicted octanol–water partition coefficient (Wildman–Crippen LogP) is 2.43. The van der Waals surface area contributed by atoms with E-state index in [-0.39, 0.29) is 24.4 Å². The molecule has 1 rings (SSSR count). The van der Waals surface area contributed by atoms with Crippen molar-refractivity contribution in [3.63, 3.8) is 0 Å². The summed E-state index contributed by atoms with van der Waals surface area (Å²) in [6, 6.07) is 4.99. The third-order valence-electron chi connectivity index (χ3n) is 3.20. The number of hydrogen-bond acceptors (Lipinski definition) is 4. The van der Waals surface area contributed by atoms with E-state index < -0.39 is 6.04 Å².